The van der Waals surface area contributed by atoms with Gasteiger partial charge in [-0.05, 0) is 0 Å². The maximum absolute atomic E-state index is 7.93. The van der Waals surface area contributed by atoms with Gasteiger partial charge >= 0.3 is 197 Å². The molecule has 0 bridgehead atoms. The van der Waals surface area contributed by atoms with Crippen molar-refractivity contribution in [3.8, 4) is 0 Å². The number of hydrogen-bond donors (Lipinski definition) is 0. The van der Waals surface area contributed by atoms with Crippen molar-refractivity contribution in [1.29, 1.82) is 0 Å². The molecule has 0 radical (unpaired) electrons. The van der Waals surface area contributed by atoms with Gasteiger partial charge in [0.05, 0.1) is 0 Å². The standard InChI is InChI=1S/C9H6I.C9H7.C6H6P.2ClH.Zr/c10-9-6-2-4-7-3-1-5-8(7)9;1-2-5-9-7-3-6-8(9)4-1;7-6-4-2-1-3-5-6;;;/h1-6H;1-7H;1-5,7H;2*1H;/q;;-1;;;+3/p-2. The molecule has 0 spiro atoms. The van der Waals surface area contributed by atoms with Crippen LogP contribution in [0.4, 0.5) is 0 Å². The van der Waals surface area contributed by atoms with E-state index in [9.17, 15) is 0 Å². The van der Waals surface area contributed by atoms with Gasteiger partial charge < -0.3 is 0 Å². The van der Waals surface area contributed by atoms with E-state index in [0.717, 1.165) is 0 Å². The van der Waals surface area contributed by atoms with E-state index in [-0.39, 0.29) is 7.25 Å². The summed E-state index contributed by atoms with van der Waals surface area (Å²) in [4.78, 5) is 0. The van der Waals surface area contributed by atoms with Crippen molar-refractivity contribution < 1.29 is 15.8 Å². The van der Waals surface area contributed by atoms with E-state index < -0.39 is 15.8 Å². The number of fused-ring (bicyclic) bond motifs is 2. The molecular formula is C24H19Cl2IPZr. The molecule has 5 rings (SSSR count). The minimum atomic E-state index is -4.52. The molecule has 0 fully saturated rings. The summed E-state index contributed by atoms with van der Waals surface area (Å²) in [6.07, 6.45) is 9.02. The van der Waals surface area contributed by atoms with E-state index >= 15 is 0 Å². The summed E-state index contributed by atoms with van der Waals surface area (Å²) in [5, 5.41) is 1.26. The summed E-state index contributed by atoms with van der Waals surface area (Å²) in [7, 11) is 15.9. The summed E-state index contributed by atoms with van der Waals surface area (Å²) in [6, 6.07) is 25.7. The van der Waals surface area contributed by atoms with Crippen LogP contribution in [0.3, 0.4) is 0 Å². The van der Waals surface area contributed by atoms with Gasteiger partial charge in [-0.2, -0.15) is 0 Å². The predicted octanol–water partition coefficient (Wildman–Crippen LogP) is 8.04. The Morgan fingerprint density at radius 1 is 0.724 bits per heavy atom. The van der Waals surface area contributed by atoms with Gasteiger partial charge in [-0.3, -0.25) is 0 Å². The molecule has 29 heavy (non-hydrogen) atoms. The molecule has 0 saturated carbocycles. The second kappa shape index (κ2) is 7.72. The molecule has 0 aliphatic heterocycles. The van der Waals surface area contributed by atoms with Gasteiger partial charge in [0.1, 0.15) is 0 Å². The second-order valence-corrected chi connectivity index (χ2v) is 41.1. The Morgan fingerprint density at radius 3 is 2.21 bits per heavy atom. The first-order chi connectivity index (χ1) is 14.0. The van der Waals surface area contributed by atoms with Crippen LogP contribution in [0.5, 0.6) is 0 Å². The predicted molar refractivity (Wildman–Crippen MR) is 135 cm³/mol. The van der Waals surface area contributed by atoms with E-state index in [4.69, 9.17) is 17.0 Å². The Balaban J connectivity index is 1.71. The first kappa shape index (κ1) is 20.7. The summed E-state index contributed by atoms with van der Waals surface area (Å²) < 4.78 is 1.46. The SMILES string of the molecule is [Cl][Zr]([Cl])([PH]c1ccccc1)([CH]1C=Cc2ccccc21)[CH]1C=Cc2c(I)cccc21. The van der Waals surface area contributed by atoms with Gasteiger partial charge in [0.25, 0.3) is 0 Å². The third-order valence-corrected chi connectivity index (χ3v) is 34.3. The fourth-order valence-corrected chi connectivity index (χ4v) is 32.7. The van der Waals surface area contributed by atoms with Crippen LogP contribution in [0.25, 0.3) is 12.2 Å². The first-order valence-electron chi connectivity index (χ1n) is 9.61. The van der Waals surface area contributed by atoms with Crippen molar-refractivity contribution in [3.63, 3.8) is 0 Å². The Labute approximate surface area is 194 Å². The van der Waals surface area contributed by atoms with Crippen LogP contribution < -0.4 is 5.30 Å². The van der Waals surface area contributed by atoms with Crippen LogP contribution in [0.15, 0.2) is 84.9 Å². The number of hydrogen-bond acceptors (Lipinski definition) is 0. The monoisotopic (exact) mass is 625 g/mol. The van der Waals surface area contributed by atoms with E-state index in [2.05, 4.69) is 120 Å². The van der Waals surface area contributed by atoms with E-state index in [1.807, 2.05) is 0 Å². The van der Waals surface area contributed by atoms with Crippen molar-refractivity contribution in [2.45, 2.75) is 7.25 Å². The first-order valence-corrected chi connectivity index (χ1v) is 24.5. The van der Waals surface area contributed by atoms with Gasteiger partial charge in [0.15, 0.2) is 0 Å². The van der Waals surface area contributed by atoms with Crippen LogP contribution in [0.2, 0.25) is 0 Å². The summed E-state index contributed by atoms with van der Waals surface area (Å²) in [5.41, 5.74) is 5.13. The quantitative estimate of drug-likeness (QED) is 0.203. The van der Waals surface area contributed by atoms with Gasteiger partial charge in [-0.25, -0.2) is 0 Å². The molecule has 0 heterocycles. The molecule has 0 nitrogen and oxygen atoms in total. The number of allylic oxidation sites excluding steroid dienone is 2. The Hall–Kier alpha value is -0.237. The van der Waals surface area contributed by atoms with E-state index in [0.29, 0.717) is 5.87 Å². The van der Waals surface area contributed by atoms with Gasteiger partial charge in [-0.1, -0.05) is 0 Å². The van der Waals surface area contributed by atoms with Crippen molar-refractivity contribution >= 4 is 62.9 Å². The van der Waals surface area contributed by atoms with Gasteiger partial charge in [0, 0.05) is 0 Å². The molecule has 2 aliphatic rings. The van der Waals surface area contributed by atoms with Crippen LogP contribution in [-0.4, -0.2) is 0 Å². The third kappa shape index (κ3) is 3.48. The zero-order valence-corrected chi connectivity index (χ0v) is 22.7. The Kier molecular flexibility index (Phi) is 5.50. The van der Waals surface area contributed by atoms with Crippen molar-refractivity contribution in [1.82, 2.24) is 0 Å². The van der Waals surface area contributed by atoms with Crippen LogP contribution >= 0.6 is 45.5 Å². The summed E-state index contributed by atoms with van der Waals surface area (Å²) in [6.45, 7) is 0. The molecule has 0 N–H and O–H groups in total. The van der Waals surface area contributed by atoms with Gasteiger partial charge in [0.2, 0.25) is 0 Å². The fraction of sp³-hybridized carbons (Fsp3) is 0.0833. The van der Waals surface area contributed by atoms with Crippen LogP contribution in [-0.2, 0) is 15.8 Å². The number of rotatable bonds is 4. The summed E-state index contributed by atoms with van der Waals surface area (Å²) in [5.74, 6) is 0.426. The molecular weight excluding hydrogens is 608 g/mol. The van der Waals surface area contributed by atoms with Crippen molar-refractivity contribution in [2.24, 2.45) is 0 Å². The topological polar surface area (TPSA) is 0 Å². The zero-order chi connectivity index (χ0) is 20.1. The molecule has 3 aromatic carbocycles. The molecule has 5 heteroatoms. The Morgan fingerprint density at radius 2 is 1.38 bits per heavy atom. The minimum absolute atomic E-state index is 0.101. The molecule has 0 saturated heterocycles. The molecule has 2 aliphatic carbocycles. The van der Waals surface area contributed by atoms with Crippen molar-refractivity contribution in [2.75, 3.05) is 0 Å². The van der Waals surface area contributed by atoms with Gasteiger partial charge in [-0.15, -0.1) is 0 Å². The average molecular weight is 627 g/mol. The molecule has 0 amide bonds. The molecule has 3 atom stereocenters. The Bertz CT molecular complexity index is 1160. The zero-order valence-electron chi connectivity index (χ0n) is 15.5. The van der Waals surface area contributed by atoms with E-state index in [1.165, 1.54) is 31.1 Å². The summed E-state index contributed by atoms with van der Waals surface area (Å²) >= 11 is -2.11. The second-order valence-electron chi connectivity index (χ2n) is 7.69. The van der Waals surface area contributed by atoms with E-state index in [1.54, 1.807) is 0 Å². The maximum atomic E-state index is 7.93. The third-order valence-electron chi connectivity index (χ3n) is 5.97. The molecule has 3 aromatic rings. The average Bonchev–Trinajstić information content (AvgIpc) is 3.35. The number of halogens is 3. The molecule has 0 aromatic heterocycles. The molecule has 3 unspecified atom stereocenters. The van der Waals surface area contributed by atoms with Crippen molar-refractivity contribution in [3.05, 3.63) is 111 Å². The molecule has 145 valence electrons. The fourth-order valence-electron chi connectivity index (χ4n) is 4.62. The number of benzene rings is 3. The van der Waals surface area contributed by atoms with Crippen LogP contribution in [0, 0.1) is 3.57 Å². The normalized spacial score (nSPS) is 21.3. The van der Waals surface area contributed by atoms with Crippen LogP contribution in [0.1, 0.15) is 29.5 Å².